The average molecular weight is 291 g/mol. The Labute approximate surface area is 125 Å². The Morgan fingerprint density at radius 2 is 2.10 bits per heavy atom. The molecule has 0 aliphatic carbocycles. The lowest BCUT2D eigenvalue weighted by Crippen LogP contribution is -2.39. The van der Waals surface area contributed by atoms with Crippen molar-refractivity contribution in [3.05, 3.63) is 29.8 Å². The Hall–Kier alpha value is -2.01. The number of carbonyl (C=O) groups is 1. The van der Waals surface area contributed by atoms with E-state index in [-0.39, 0.29) is 5.91 Å². The number of hydrogen-bond donors (Lipinski definition) is 0. The number of carbonyl (C=O) groups excluding carboxylic acids is 1. The molecular formula is C16H21NO4. The lowest BCUT2D eigenvalue weighted by Gasteiger charge is -2.25. The van der Waals surface area contributed by atoms with Crippen LogP contribution in [0.3, 0.4) is 0 Å². The van der Waals surface area contributed by atoms with Gasteiger partial charge in [-0.1, -0.05) is 6.07 Å². The third kappa shape index (κ3) is 4.23. The standard InChI is InChI=1S/C16H21NO4/c1-3-21-14-6-4-13(12-15(14)19-2)5-7-16(18)17-8-10-20-11-9-17/h4-7,12H,3,8-11H2,1-2H3. The van der Waals surface area contributed by atoms with Gasteiger partial charge in [-0.05, 0) is 30.7 Å². The Morgan fingerprint density at radius 3 is 2.76 bits per heavy atom. The Morgan fingerprint density at radius 1 is 1.33 bits per heavy atom. The molecule has 1 amide bonds. The fourth-order valence-electron chi connectivity index (χ4n) is 2.12. The van der Waals surface area contributed by atoms with Crippen LogP contribution in [0.5, 0.6) is 11.5 Å². The molecule has 5 nitrogen and oxygen atoms in total. The summed E-state index contributed by atoms with van der Waals surface area (Å²) < 4.78 is 16.0. The molecule has 2 rings (SSSR count). The summed E-state index contributed by atoms with van der Waals surface area (Å²) in [6, 6.07) is 5.60. The molecule has 114 valence electrons. The predicted molar refractivity (Wildman–Crippen MR) is 80.6 cm³/mol. The highest BCUT2D eigenvalue weighted by Crippen LogP contribution is 2.28. The maximum absolute atomic E-state index is 12.0. The molecule has 0 N–H and O–H groups in total. The molecule has 1 aromatic rings. The van der Waals surface area contributed by atoms with Gasteiger partial charge in [-0.25, -0.2) is 0 Å². The summed E-state index contributed by atoms with van der Waals surface area (Å²) in [5.74, 6) is 1.38. The van der Waals surface area contributed by atoms with E-state index in [4.69, 9.17) is 14.2 Å². The summed E-state index contributed by atoms with van der Waals surface area (Å²) in [5.41, 5.74) is 0.900. The van der Waals surface area contributed by atoms with Crippen molar-refractivity contribution in [2.45, 2.75) is 6.92 Å². The van der Waals surface area contributed by atoms with Gasteiger partial charge < -0.3 is 19.1 Å². The molecule has 0 saturated carbocycles. The fourth-order valence-corrected chi connectivity index (χ4v) is 2.12. The molecule has 1 saturated heterocycles. The van der Waals surface area contributed by atoms with Crippen molar-refractivity contribution >= 4 is 12.0 Å². The van der Waals surface area contributed by atoms with E-state index < -0.39 is 0 Å². The number of methoxy groups -OCH3 is 1. The molecule has 0 bridgehead atoms. The van der Waals surface area contributed by atoms with E-state index in [0.29, 0.717) is 44.4 Å². The van der Waals surface area contributed by atoms with E-state index in [1.165, 1.54) is 0 Å². The van der Waals surface area contributed by atoms with Crippen LogP contribution < -0.4 is 9.47 Å². The maximum atomic E-state index is 12.0. The van der Waals surface area contributed by atoms with Crippen LogP contribution in [0, 0.1) is 0 Å². The summed E-state index contributed by atoms with van der Waals surface area (Å²) in [6.07, 6.45) is 3.37. The van der Waals surface area contributed by atoms with Crippen LogP contribution in [0.1, 0.15) is 12.5 Å². The zero-order chi connectivity index (χ0) is 15.1. The van der Waals surface area contributed by atoms with Crippen LogP contribution in [-0.4, -0.2) is 50.8 Å². The third-order valence-corrected chi connectivity index (χ3v) is 3.23. The van der Waals surface area contributed by atoms with Crippen LogP contribution in [0.15, 0.2) is 24.3 Å². The first-order chi connectivity index (χ1) is 10.2. The van der Waals surface area contributed by atoms with Gasteiger partial charge in [0, 0.05) is 19.2 Å². The van der Waals surface area contributed by atoms with Gasteiger partial charge in [0.25, 0.3) is 0 Å². The van der Waals surface area contributed by atoms with Crippen molar-refractivity contribution in [3.63, 3.8) is 0 Å². The molecule has 1 aliphatic heterocycles. The number of hydrogen-bond acceptors (Lipinski definition) is 4. The van der Waals surface area contributed by atoms with E-state index in [9.17, 15) is 4.79 Å². The molecule has 1 aromatic carbocycles. The summed E-state index contributed by atoms with van der Waals surface area (Å²) in [7, 11) is 1.60. The first kappa shape index (κ1) is 15.4. The van der Waals surface area contributed by atoms with Gasteiger partial charge in [0.15, 0.2) is 11.5 Å². The normalized spacial score (nSPS) is 15.2. The molecule has 0 unspecified atom stereocenters. The first-order valence-electron chi connectivity index (χ1n) is 7.10. The highest BCUT2D eigenvalue weighted by molar-refractivity contribution is 5.91. The quantitative estimate of drug-likeness (QED) is 0.778. The predicted octanol–water partition coefficient (Wildman–Crippen LogP) is 1.97. The molecular weight excluding hydrogens is 270 g/mol. The maximum Gasteiger partial charge on any atom is 0.246 e. The van der Waals surface area contributed by atoms with Gasteiger partial charge in [0.1, 0.15) is 0 Å². The minimum atomic E-state index is 0.00570. The SMILES string of the molecule is CCOc1ccc(C=CC(=O)N2CCOCC2)cc1OC. The number of rotatable bonds is 5. The van der Waals surface area contributed by atoms with Crippen LogP contribution in [0.4, 0.5) is 0 Å². The van der Waals surface area contributed by atoms with E-state index in [0.717, 1.165) is 5.56 Å². The van der Waals surface area contributed by atoms with E-state index in [1.807, 2.05) is 25.1 Å². The molecule has 5 heteroatoms. The number of ether oxygens (including phenoxy) is 3. The van der Waals surface area contributed by atoms with Gasteiger partial charge in [0.2, 0.25) is 5.91 Å². The van der Waals surface area contributed by atoms with Crippen molar-refractivity contribution in [1.29, 1.82) is 0 Å². The molecule has 0 atom stereocenters. The zero-order valence-corrected chi connectivity index (χ0v) is 12.5. The lowest BCUT2D eigenvalue weighted by atomic mass is 10.2. The van der Waals surface area contributed by atoms with Crippen LogP contribution in [0.25, 0.3) is 6.08 Å². The monoisotopic (exact) mass is 291 g/mol. The number of amides is 1. The van der Waals surface area contributed by atoms with Crippen LogP contribution >= 0.6 is 0 Å². The largest absolute Gasteiger partial charge is 0.493 e. The summed E-state index contributed by atoms with van der Waals surface area (Å²) in [6.45, 7) is 5.02. The smallest absolute Gasteiger partial charge is 0.246 e. The first-order valence-corrected chi connectivity index (χ1v) is 7.10. The van der Waals surface area contributed by atoms with Crippen LogP contribution in [0.2, 0.25) is 0 Å². The van der Waals surface area contributed by atoms with Gasteiger partial charge in [-0.3, -0.25) is 4.79 Å². The molecule has 0 radical (unpaired) electrons. The molecule has 1 heterocycles. The van der Waals surface area contributed by atoms with Gasteiger partial charge in [-0.2, -0.15) is 0 Å². The van der Waals surface area contributed by atoms with Crippen molar-refractivity contribution in [3.8, 4) is 11.5 Å². The highest BCUT2D eigenvalue weighted by atomic mass is 16.5. The topological polar surface area (TPSA) is 48.0 Å². The number of nitrogens with zero attached hydrogens (tertiary/aromatic N) is 1. The minimum Gasteiger partial charge on any atom is -0.493 e. The minimum absolute atomic E-state index is 0.00570. The van der Waals surface area contributed by atoms with Gasteiger partial charge in [0.05, 0.1) is 26.9 Å². The van der Waals surface area contributed by atoms with Crippen molar-refractivity contribution < 1.29 is 19.0 Å². The second kappa shape index (κ2) is 7.69. The fraction of sp³-hybridized carbons (Fsp3) is 0.438. The second-order valence-corrected chi connectivity index (χ2v) is 4.61. The van der Waals surface area contributed by atoms with Crippen LogP contribution in [-0.2, 0) is 9.53 Å². The van der Waals surface area contributed by atoms with Crippen molar-refractivity contribution in [2.24, 2.45) is 0 Å². The summed E-state index contributed by atoms with van der Waals surface area (Å²) in [5, 5.41) is 0. The zero-order valence-electron chi connectivity index (χ0n) is 12.5. The number of morpholine rings is 1. The third-order valence-electron chi connectivity index (χ3n) is 3.23. The Balaban J connectivity index is 2.04. The van der Waals surface area contributed by atoms with Gasteiger partial charge >= 0.3 is 0 Å². The van der Waals surface area contributed by atoms with E-state index >= 15 is 0 Å². The molecule has 21 heavy (non-hydrogen) atoms. The van der Waals surface area contributed by atoms with Gasteiger partial charge in [-0.15, -0.1) is 0 Å². The molecule has 0 aromatic heterocycles. The lowest BCUT2D eigenvalue weighted by molar-refractivity contribution is -0.129. The Kier molecular flexibility index (Phi) is 5.63. The number of benzene rings is 1. The van der Waals surface area contributed by atoms with E-state index in [1.54, 1.807) is 24.2 Å². The Bertz CT molecular complexity index is 507. The van der Waals surface area contributed by atoms with E-state index in [2.05, 4.69) is 0 Å². The average Bonchev–Trinajstić information content (AvgIpc) is 2.54. The molecule has 1 fully saturated rings. The highest BCUT2D eigenvalue weighted by Gasteiger charge is 2.14. The summed E-state index contributed by atoms with van der Waals surface area (Å²) >= 11 is 0. The van der Waals surface area contributed by atoms with Crippen molar-refractivity contribution in [2.75, 3.05) is 40.0 Å². The van der Waals surface area contributed by atoms with Crippen molar-refractivity contribution in [1.82, 2.24) is 4.90 Å². The second-order valence-electron chi connectivity index (χ2n) is 4.61. The summed E-state index contributed by atoms with van der Waals surface area (Å²) in [4.78, 5) is 13.8. The molecule has 1 aliphatic rings. The molecule has 0 spiro atoms.